The maximum atomic E-state index is 10.8. The van der Waals surface area contributed by atoms with Crippen molar-refractivity contribution in [2.75, 3.05) is 5.73 Å². The molecule has 0 amide bonds. The zero-order chi connectivity index (χ0) is 10.7. The van der Waals surface area contributed by atoms with Gasteiger partial charge in [0, 0.05) is 23.5 Å². The predicted molar refractivity (Wildman–Crippen MR) is 57.3 cm³/mol. The van der Waals surface area contributed by atoms with Crippen molar-refractivity contribution >= 4 is 12.2 Å². The van der Waals surface area contributed by atoms with Gasteiger partial charge >= 0.3 is 0 Å². The van der Waals surface area contributed by atoms with Gasteiger partial charge in [-0.05, 0) is 5.56 Å². The normalized spacial score (nSPS) is 9.87. The van der Waals surface area contributed by atoms with Crippen LogP contribution in [0, 0.1) is 0 Å². The Labute approximate surface area is 86.8 Å². The fraction of sp³-hybridized carbons (Fsp3) is 0. The number of aromatic nitrogens is 2. The molecule has 1 aromatic carbocycles. The van der Waals surface area contributed by atoms with Crippen molar-refractivity contribution in [1.82, 2.24) is 9.97 Å². The molecular weight excluding hydrogens is 190 g/mol. The highest BCUT2D eigenvalue weighted by Crippen LogP contribution is 2.20. The molecule has 0 saturated carbocycles. The SMILES string of the molecule is Nc1ncc(-c2ccccc2C=O)cn1. The predicted octanol–water partition coefficient (Wildman–Crippen LogP) is 1.54. The van der Waals surface area contributed by atoms with E-state index in [2.05, 4.69) is 9.97 Å². The van der Waals surface area contributed by atoms with E-state index in [1.165, 1.54) is 0 Å². The molecule has 0 spiro atoms. The Hall–Kier alpha value is -2.23. The Morgan fingerprint density at radius 1 is 1.13 bits per heavy atom. The second-order valence-corrected chi connectivity index (χ2v) is 3.04. The lowest BCUT2D eigenvalue weighted by Crippen LogP contribution is -1.95. The molecule has 0 aliphatic carbocycles. The Morgan fingerprint density at radius 3 is 2.47 bits per heavy atom. The topological polar surface area (TPSA) is 68.9 Å². The third-order valence-corrected chi connectivity index (χ3v) is 2.07. The fourth-order valence-corrected chi connectivity index (χ4v) is 1.34. The molecule has 0 fully saturated rings. The van der Waals surface area contributed by atoms with Crippen molar-refractivity contribution in [2.24, 2.45) is 0 Å². The molecule has 0 saturated heterocycles. The van der Waals surface area contributed by atoms with Crippen LogP contribution in [0.4, 0.5) is 5.95 Å². The van der Waals surface area contributed by atoms with Crippen molar-refractivity contribution in [3.05, 3.63) is 42.2 Å². The van der Waals surface area contributed by atoms with Gasteiger partial charge in [0.1, 0.15) is 0 Å². The number of nitrogen functional groups attached to an aromatic ring is 1. The Kier molecular flexibility index (Phi) is 2.41. The van der Waals surface area contributed by atoms with E-state index in [4.69, 9.17) is 5.73 Å². The number of nitrogens with two attached hydrogens (primary N) is 1. The Morgan fingerprint density at radius 2 is 1.80 bits per heavy atom. The third kappa shape index (κ3) is 1.83. The van der Waals surface area contributed by atoms with Crippen molar-refractivity contribution in [3.63, 3.8) is 0 Å². The van der Waals surface area contributed by atoms with E-state index in [0.29, 0.717) is 5.56 Å². The first kappa shape index (κ1) is 9.33. The summed E-state index contributed by atoms with van der Waals surface area (Å²) < 4.78 is 0. The number of hydrogen-bond donors (Lipinski definition) is 1. The van der Waals surface area contributed by atoms with Crippen LogP contribution in [0.3, 0.4) is 0 Å². The molecule has 1 heterocycles. The van der Waals surface area contributed by atoms with Crippen LogP contribution in [-0.2, 0) is 0 Å². The molecule has 0 unspecified atom stereocenters. The second kappa shape index (κ2) is 3.88. The Balaban J connectivity index is 2.53. The van der Waals surface area contributed by atoms with E-state index in [0.717, 1.165) is 17.4 Å². The molecule has 4 nitrogen and oxygen atoms in total. The highest BCUT2D eigenvalue weighted by molar-refractivity contribution is 5.87. The van der Waals surface area contributed by atoms with E-state index in [1.54, 1.807) is 18.5 Å². The van der Waals surface area contributed by atoms with Gasteiger partial charge in [0.2, 0.25) is 5.95 Å². The van der Waals surface area contributed by atoms with Gasteiger partial charge in [0.05, 0.1) is 0 Å². The van der Waals surface area contributed by atoms with Crippen LogP contribution in [0.25, 0.3) is 11.1 Å². The van der Waals surface area contributed by atoms with E-state index in [9.17, 15) is 4.79 Å². The molecule has 0 aliphatic rings. The average Bonchev–Trinajstić information content (AvgIpc) is 2.30. The molecule has 1 aromatic heterocycles. The van der Waals surface area contributed by atoms with Crippen molar-refractivity contribution in [3.8, 4) is 11.1 Å². The number of rotatable bonds is 2. The summed E-state index contributed by atoms with van der Waals surface area (Å²) in [5, 5.41) is 0. The molecule has 2 aromatic rings. The maximum absolute atomic E-state index is 10.8. The number of aldehydes is 1. The molecular formula is C11H9N3O. The minimum atomic E-state index is 0.224. The van der Waals surface area contributed by atoms with Gasteiger partial charge < -0.3 is 5.73 Å². The van der Waals surface area contributed by atoms with Gasteiger partial charge in [-0.3, -0.25) is 4.79 Å². The summed E-state index contributed by atoms with van der Waals surface area (Å²) in [6, 6.07) is 7.27. The van der Waals surface area contributed by atoms with Crippen molar-refractivity contribution in [2.45, 2.75) is 0 Å². The molecule has 15 heavy (non-hydrogen) atoms. The van der Waals surface area contributed by atoms with Crippen LogP contribution in [0.2, 0.25) is 0 Å². The van der Waals surface area contributed by atoms with Crippen LogP contribution in [0.15, 0.2) is 36.7 Å². The summed E-state index contributed by atoms with van der Waals surface area (Å²) in [6.07, 6.45) is 4.01. The first-order valence-electron chi connectivity index (χ1n) is 4.43. The highest BCUT2D eigenvalue weighted by Gasteiger charge is 2.03. The maximum Gasteiger partial charge on any atom is 0.219 e. The minimum Gasteiger partial charge on any atom is -0.368 e. The van der Waals surface area contributed by atoms with E-state index in [-0.39, 0.29) is 5.95 Å². The number of carbonyl (C=O) groups is 1. The van der Waals surface area contributed by atoms with Crippen LogP contribution in [0.1, 0.15) is 10.4 Å². The summed E-state index contributed by atoms with van der Waals surface area (Å²) in [4.78, 5) is 18.6. The van der Waals surface area contributed by atoms with Crippen LogP contribution < -0.4 is 5.73 Å². The number of carbonyl (C=O) groups excluding carboxylic acids is 1. The molecule has 2 rings (SSSR count). The summed E-state index contributed by atoms with van der Waals surface area (Å²) in [7, 11) is 0. The summed E-state index contributed by atoms with van der Waals surface area (Å²) >= 11 is 0. The number of benzene rings is 1. The second-order valence-electron chi connectivity index (χ2n) is 3.04. The Bertz CT molecular complexity index is 479. The van der Waals surface area contributed by atoms with E-state index >= 15 is 0 Å². The molecule has 74 valence electrons. The lowest BCUT2D eigenvalue weighted by atomic mass is 10.0. The van der Waals surface area contributed by atoms with Crippen molar-refractivity contribution < 1.29 is 4.79 Å². The zero-order valence-corrected chi connectivity index (χ0v) is 7.92. The monoisotopic (exact) mass is 199 g/mol. The number of anilines is 1. The van der Waals surface area contributed by atoms with Crippen LogP contribution in [-0.4, -0.2) is 16.3 Å². The highest BCUT2D eigenvalue weighted by atomic mass is 16.1. The van der Waals surface area contributed by atoms with E-state index in [1.807, 2.05) is 18.2 Å². The van der Waals surface area contributed by atoms with Gasteiger partial charge in [-0.25, -0.2) is 9.97 Å². The molecule has 0 atom stereocenters. The summed E-state index contributed by atoms with van der Waals surface area (Å²) in [5.74, 6) is 0.224. The number of nitrogens with zero attached hydrogens (tertiary/aromatic N) is 2. The molecule has 2 N–H and O–H groups in total. The van der Waals surface area contributed by atoms with Gasteiger partial charge in [0.25, 0.3) is 0 Å². The van der Waals surface area contributed by atoms with E-state index < -0.39 is 0 Å². The zero-order valence-electron chi connectivity index (χ0n) is 7.92. The van der Waals surface area contributed by atoms with Gasteiger partial charge in [-0.15, -0.1) is 0 Å². The summed E-state index contributed by atoms with van der Waals surface area (Å²) in [6.45, 7) is 0. The molecule has 0 aliphatic heterocycles. The summed E-state index contributed by atoms with van der Waals surface area (Å²) in [5.41, 5.74) is 7.60. The quantitative estimate of drug-likeness (QED) is 0.745. The minimum absolute atomic E-state index is 0.224. The lowest BCUT2D eigenvalue weighted by Gasteiger charge is -2.03. The van der Waals surface area contributed by atoms with Crippen LogP contribution >= 0.6 is 0 Å². The van der Waals surface area contributed by atoms with Gasteiger partial charge in [-0.2, -0.15) is 0 Å². The first-order valence-corrected chi connectivity index (χ1v) is 4.43. The van der Waals surface area contributed by atoms with Crippen LogP contribution in [0.5, 0.6) is 0 Å². The third-order valence-electron chi connectivity index (χ3n) is 2.07. The fourth-order valence-electron chi connectivity index (χ4n) is 1.34. The molecule has 4 heteroatoms. The first-order chi connectivity index (χ1) is 7.31. The van der Waals surface area contributed by atoms with Crippen molar-refractivity contribution in [1.29, 1.82) is 0 Å². The van der Waals surface area contributed by atoms with Gasteiger partial charge in [-0.1, -0.05) is 24.3 Å². The molecule has 0 bridgehead atoms. The van der Waals surface area contributed by atoms with Gasteiger partial charge in [0.15, 0.2) is 6.29 Å². The standard InChI is InChI=1S/C11H9N3O/c12-11-13-5-9(6-14-11)10-4-2-1-3-8(10)7-15/h1-7H,(H2,12,13,14). The largest absolute Gasteiger partial charge is 0.368 e. The lowest BCUT2D eigenvalue weighted by molar-refractivity contribution is 0.112. The smallest absolute Gasteiger partial charge is 0.219 e. The average molecular weight is 199 g/mol. The molecule has 0 radical (unpaired) electrons. The number of hydrogen-bond acceptors (Lipinski definition) is 4.